The summed E-state index contributed by atoms with van der Waals surface area (Å²) in [5.74, 6) is -0.414. The van der Waals surface area contributed by atoms with E-state index in [9.17, 15) is 14.4 Å². The number of benzene rings is 2. The van der Waals surface area contributed by atoms with Crippen molar-refractivity contribution in [3.05, 3.63) is 65.2 Å². The Morgan fingerprint density at radius 2 is 1.77 bits per heavy atom. The van der Waals surface area contributed by atoms with Gasteiger partial charge in [0.2, 0.25) is 5.91 Å². The van der Waals surface area contributed by atoms with Crippen molar-refractivity contribution in [3.8, 4) is 0 Å². The summed E-state index contributed by atoms with van der Waals surface area (Å²) >= 11 is 0. The molecular weight excluding hydrogens is 382 g/mol. The van der Waals surface area contributed by atoms with Gasteiger partial charge in [0.25, 0.3) is 5.91 Å². The minimum Gasteiger partial charge on any atom is -0.445 e. The highest BCUT2D eigenvalue weighted by Gasteiger charge is 2.39. The van der Waals surface area contributed by atoms with E-state index in [2.05, 4.69) is 10.6 Å². The predicted octanol–water partition coefficient (Wildman–Crippen LogP) is 3.40. The van der Waals surface area contributed by atoms with Crippen molar-refractivity contribution < 1.29 is 19.1 Å². The average molecular weight is 409 g/mol. The van der Waals surface area contributed by atoms with Gasteiger partial charge in [0.05, 0.1) is 6.04 Å². The van der Waals surface area contributed by atoms with Crippen LogP contribution in [0.15, 0.2) is 48.5 Å². The molecule has 2 aromatic rings. The molecular formula is C23H27N3O4. The van der Waals surface area contributed by atoms with Gasteiger partial charge in [0.15, 0.2) is 0 Å². The smallest absolute Gasteiger partial charge is 0.407 e. The lowest BCUT2D eigenvalue weighted by Gasteiger charge is -2.43. The number of fused-ring (bicyclic) bond motifs is 1. The number of nitrogens with zero attached hydrogens (tertiary/aromatic N) is 1. The topological polar surface area (TPSA) is 87.7 Å². The van der Waals surface area contributed by atoms with E-state index < -0.39 is 12.1 Å². The standard InChI is InChI=1S/C23H27N3O4/c1-14-15(2)26(16(3)27)20-11-10-18(22(28)24-4)12-19(20)21(14)25-23(29)30-13-17-8-6-5-7-9-17/h5-12,14-15,21H,13H2,1-4H3,(H,24,28)(H,25,29)/t14-,15-,21?/m0/s1. The first-order valence-electron chi connectivity index (χ1n) is 9.96. The molecule has 0 saturated heterocycles. The van der Waals surface area contributed by atoms with E-state index in [0.717, 1.165) is 5.56 Å². The second-order valence-corrected chi connectivity index (χ2v) is 7.53. The third kappa shape index (κ3) is 4.30. The van der Waals surface area contributed by atoms with Crippen LogP contribution >= 0.6 is 0 Å². The Hall–Kier alpha value is -3.35. The summed E-state index contributed by atoms with van der Waals surface area (Å²) in [6.45, 7) is 5.60. The maximum absolute atomic E-state index is 12.5. The highest BCUT2D eigenvalue weighted by atomic mass is 16.5. The Labute approximate surface area is 176 Å². The lowest BCUT2D eigenvalue weighted by Crippen LogP contribution is -2.50. The fourth-order valence-electron chi connectivity index (χ4n) is 3.88. The molecule has 30 heavy (non-hydrogen) atoms. The van der Waals surface area contributed by atoms with E-state index in [1.165, 1.54) is 6.92 Å². The van der Waals surface area contributed by atoms with Crippen LogP contribution in [0.2, 0.25) is 0 Å². The van der Waals surface area contributed by atoms with Crippen LogP contribution in [0, 0.1) is 5.92 Å². The Bertz CT molecular complexity index is 945. The van der Waals surface area contributed by atoms with E-state index in [0.29, 0.717) is 16.8 Å². The summed E-state index contributed by atoms with van der Waals surface area (Å²) in [5.41, 5.74) is 2.76. The zero-order valence-electron chi connectivity index (χ0n) is 17.6. The number of hydrogen-bond acceptors (Lipinski definition) is 4. The third-order valence-corrected chi connectivity index (χ3v) is 5.63. The normalized spacial score (nSPS) is 20.1. The predicted molar refractivity (Wildman–Crippen MR) is 114 cm³/mol. The van der Waals surface area contributed by atoms with Crippen molar-refractivity contribution in [2.24, 2.45) is 5.92 Å². The Balaban J connectivity index is 1.89. The quantitative estimate of drug-likeness (QED) is 0.810. The molecule has 7 heteroatoms. The lowest BCUT2D eigenvalue weighted by atomic mass is 9.82. The second kappa shape index (κ2) is 8.98. The molecule has 3 rings (SSSR count). The molecule has 1 aliphatic rings. The average Bonchev–Trinajstić information content (AvgIpc) is 2.75. The van der Waals surface area contributed by atoms with Gasteiger partial charge in [-0.3, -0.25) is 9.59 Å². The molecule has 3 amide bonds. The van der Waals surface area contributed by atoms with Crippen LogP contribution < -0.4 is 15.5 Å². The van der Waals surface area contributed by atoms with Gasteiger partial charge in [0.1, 0.15) is 6.61 Å². The maximum Gasteiger partial charge on any atom is 0.407 e. The fourth-order valence-corrected chi connectivity index (χ4v) is 3.88. The summed E-state index contributed by atoms with van der Waals surface area (Å²) in [5, 5.41) is 5.54. The van der Waals surface area contributed by atoms with Gasteiger partial charge in [-0.25, -0.2) is 4.79 Å². The number of amides is 3. The van der Waals surface area contributed by atoms with Crippen LogP contribution in [-0.4, -0.2) is 31.0 Å². The number of anilines is 1. The SMILES string of the molecule is CNC(=O)c1ccc2c(c1)C(NC(=O)OCc1ccccc1)[C@@H](C)[C@H](C)N2C(C)=O. The molecule has 2 N–H and O–H groups in total. The maximum atomic E-state index is 12.5. The molecule has 158 valence electrons. The molecule has 1 heterocycles. The minimum atomic E-state index is -0.546. The van der Waals surface area contributed by atoms with Gasteiger partial charge in [-0.05, 0) is 36.2 Å². The molecule has 0 bridgehead atoms. The highest BCUT2D eigenvalue weighted by Crippen LogP contribution is 2.41. The van der Waals surface area contributed by atoms with Gasteiger partial charge in [0, 0.05) is 37.2 Å². The lowest BCUT2D eigenvalue weighted by molar-refractivity contribution is -0.117. The van der Waals surface area contributed by atoms with E-state index in [4.69, 9.17) is 4.74 Å². The van der Waals surface area contributed by atoms with Crippen molar-refractivity contribution in [2.45, 2.75) is 39.5 Å². The van der Waals surface area contributed by atoms with Crippen LogP contribution in [-0.2, 0) is 16.1 Å². The minimum absolute atomic E-state index is 0.0894. The van der Waals surface area contributed by atoms with Gasteiger partial charge < -0.3 is 20.3 Å². The molecule has 0 saturated carbocycles. The van der Waals surface area contributed by atoms with Crippen molar-refractivity contribution in [2.75, 3.05) is 11.9 Å². The molecule has 3 atom stereocenters. The van der Waals surface area contributed by atoms with Crippen LogP contribution in [0.25, 0.3) is 0 Å². The Morgan fingerprint density at radius 1 is 1.07 bits per heavy atom. The number of ether oxygens (including phenoxy) is 1. The number of alkyl carbamates (subject to hydrolysis) is 1. The molecule has 1 unspecified atom stereocenters. The molecule has 0 radical (unpaired) electrons. The van der Waals surface area contributed by atoms with Crippen LogP contribution in [0.3, 0.4) is 0 Å². The first kappa shape index (κ1) is 21.4. The van der Waals surface area contributed by atoms with Gasteiger partial charge >= 0.3 is 6.09 Å². The molecule has 2 aromatic carbocycles. The zero-order valence-corrected chi connectivity index (χ0v) is 17.6. The summed E-state index contributed by atoms with van der Waals surface area (Å²) < 4.78 is 5.39. The van der Waals surface area contributed by atoms with Crippen molar-refractivity contribution >= 4 is 23.6 Å². The van der Waals surface area contributed by atoms with E-state index >= 15 is 0 Å². The summed E-state index contributed by atoms with van der Waals surface area (Å²) in [6, 6.07) is 14.1. The number of nitrogens with one attached hydrogen (secondary N) is 2. The van der Waals surface area contributed by atoms with Crippen LogP contribution in [0.1, 0.15) is 48.3 Å². The first-order valence-corrected chi connectivity index (χ1v) is 9.96. The number of rotatable bonds is 4. The van der Waals surface area contributed by atoms with Crippen molar-refractivity contribution in [1.82, 2.24) is 10.6 Å². The van der Waals surface area contributed by atoms with Crippen LogP contribution in [0.5, 0.6) is 0 Å². The molecule has 0 aliphatic carbocycles. The van der Waals surface area contributed by atoms with Gasteiger partial charge in [-0.15, -0.1) is 0 Å². The largest absolute Gasteiger partial charge is 0.445 e. The monoisotopic (exact) mass is 409 g/mol. The van der Waals surface area contributed by atoms with Crippen molar-refractivity contribution in [3.63, 3.8) is 0 Å². The number of hydrogen-bond donors (Lipinski definition) is 2. The molecule has 0 fully saturated rings. The van der Waals surface area contributed by atoms with Crippen molar-refractivity contribution in [1.29, 1.82) is 0 Å². The zero-order chi connectivity index (χ0) is 21.8. The molecule has 0 spiro atoms. The third-order valence-electron chi connectivity index (χ3n) is 5.63. The number of carbonyl (C=O) groups excluding carboxylic acids is 3. The van der Waals surface area contributed by atoms with Gasteiger partial charge in [-0.1, -0.05) is 37.3 Å². The Morgan fingerprint density at radius 3 is 2.40 bits per heavy atom. The molecule has 7 nitrogen and oxygen atoms in total. The Kier molecular flexibility index (Phi) is 6.40. The second-order valence-electron chi connectivity index (χ2n) is 7.53. The van der Waals surface area contributed by atoms with Crippen LogP contribution in [0.4, 0.5) is 10.5 Å². The van der Waals surface area contributed by atoms with Gasteiger partial charge in [-0.2, -0.15) is 0 Å². The molecule has 1 aliphatic heterocycles. The van der Waals surface area contributed by atoms with E-state index in [-0.39, 0.29) is 30.4 Å². The summed E-state index contributed by atoms with van der Waals surface area (Å²) in [6.07, 6.45) is -0.546. The first-order chi connectivity index (χ1) is 14.3. The number of carbonyl (C=O) groups is 3. The molecule has 0 aromatic heterocycles. The fraction of sp³-hybridized carbons (Fsp3) is 0.348. The van der Waals surface area contributed by atoms with E-state index in [1.54, 1.807) is 30.1 Å². The summed E-state index contributed by atoms with van der Waals surface area (Å²) in [4.78, 5) is 38.7. The highest BCUT2D eigenvalue weighted by molar-refractivity contribution is 5.97. The summed E-state index contributed by atoms with van der Waals surface area (Å²) in [7, 11) is 1.56. The van der Waals surface area contributed by atoms with E-state index in [1.807, 2.05) is 44.2 Å².